The Morgan fingerprint density at radius 2 is 2.00 bits per heavy atom. The van der Waals surface area contributed by atoms with Gasteiger partial charge in [-0.1, -0.05) is 13.2 Å². The molecule has 1 heterocycles. The second kappa shape index (κ2) is 1.97. The van der Waals surface area contributed by atoms with Gasteiger partial charge in [0.15, 0.2) is 0 Å². The average molecular weight is 120 g/mol. The highest BCUT2D eigenvalue weighted by molar-refractivity contribution is 5.04. The summed E-state index contributed by atoms with van der Waals surface area (Å²) in [6.07, 6.45) is 1.68. The molecule has 2 nitrogen and oxygen atoms in total. The van der Waals surface area contributed by atoms with Crippen LogP contribution in [0.25, 0.3) is 13.2 Å². The standard InChI is InChI=1S/C7H8N2/c1-5-4-8-6(2)7(3)9-5/h4H,2-3H2,1H3. The van der Waals surface area contributed by atoms with Gasteiger partial charge < -0.3 is 0 Å². The van der Waals surface area contributed by atoms with E-state index >= 15 is 0 Å². The van der Waals surface area contributed by atoms with Crippen LogP contribution in [-0.2, 0) is 0 Å². The van der Waals surface area contributed by atoms with Crippen LogP contribution in [-0.4, -0.2) is 9.97 Å². The molecule has 0 saturated carbocycles. The van der Waals surface area contributed by atoms with Crippen LogP contribution in [0.1, 0.15) is 5.69 Å². The van der Waals surface area contributed by atoms with Gasteiger partial charge in [-0.2, -0.15) is 0 Å². The van der Waals surface area contributed by atoms with Crippen molar-refractivity contribution in [1.29, 1.82) is 0 Å². The van der Waals surface area contributed by atoms with Gasteiger partial charge in [0.05, 0.1) is 16.4 Å². The highest BCUT2D eigenvalue weighted by atomic mass is 14.8. The Balaban J connectivity index is 3.53. The van der Waals surface area contributed by atoms with Crippen molar-refractivity contribution in [3.8, 4) is 0 Å². The summed E-state index contributed by atoms with van der Waals surface area (Å²) in [6, 6.07) is 0. The number of hydrogen-bond acceptors (Lipinski definition) is 2. The summed E-state index contributed by atoms with van der Waals surface area (Å²) in [4.78, 5) is 7.98. The Morgan fingerprint density at radius 3 is 2.44 bits per heavy atom. The Morgan fingerprint density at radius 1 is 1.33 bits per heavy atom. The van der Waals surface area contributed by atoms with Gasteiger partial charge in [-0.3, -0.25) is 9.97 Å². The van der Waals surface area contributed by atoms with Crippen LogP contribution in [0.3, 0.4) is 0 Å². The molecule has 0 saturated heterocycles. The van der Waals surface area contributed by atoms with Crippen molar-refractivity contribution in [3.05, 3.63) is 22.6 Å². The molecular weight excluding hydrogens is 112 g/mol. The zero-order chi connectivity index (χ0) is 6.85. The van der Waals surface area contributed by atoms with Crippen LogP contribution >= 0.6 is 0 Å². The minimum atomic E-state index is 0.653. The molecule has 0 aromatic carbocycles. The summed E-state index contributed by atoms with van der Waals surface area (Å²) in [6.45, 7) is 9.15. The van der Waals surface area contributed by atoms with Crippen LogP contribution in [0, 0.1) is 6.92 Å². The first-order valence-corrected chi connectivity index (χ1v) is 2.67. The van der Waals surface area contributed by atoms with E-state index in [1.807, 2.05) is 6.92 Å². The Labute approximate surface area is 53.6 Å². The van der Waals surface area contributed by atoms with Crippen molar-refractivity contribution in [1.82, 2.24) is 9.97 Å². The second-order valence-corrected chi connectivity index (χ2v) is 1.90. The van der Waals surface area contributed by atoms with Gasteiger partial charge in [0.2, 0.25) is 0 Å². The summed E-state index contributed by atoms with van der Waals surface area (Å²) < 4.78 is 0. The third-order valence-electron chi connectivity index (χ3n) is 1.05. The first kappa shape index (κ1) is 5.95. The van der Waals surface area contributed by atoms with Crippen molar-refractivity contribution in [2.75, 3.05) is 0 Å². The summed E-state index contributed by atoms with van der Waals surface area (Å²) in [5.41, 5.74) is 0.882. The molecule has 0 aliphatic rings. The summed E-state index contributed by atoms with van der Waals surface area (Å²) in [5.74, 6) is 0. The quantitative estimate of drug-likeness (QED) is 0.466. The van der Waals surface area contributed by atoms with Gasteiger partial charge in [0.25, 0.3) is 0 Å². The van der Waals surface area contributed by atoms with Gasteiger partial charge in [0, 0.05) is 6.20 Å². The van der Waals surface area contributed by atoms with Gasteiger partial charge >= 0.3 is 0 Å². The van der Waals surface area contributed by atoms with E-state index in [1.54, 1.807) is 6.20 Å². The zero-order valence-corrected chi connectivity index (χ0v) is 5.39. The number of aromatic nitrogens is 2. The minimum absolute atomic E-state index is 0.653. The predicted octanol–water partition coefficient (Wildman–Crippen LogP) is -0.394. The minimum Gasteiger partial charge on any atom is -0.253 e. The molecule has 0 spiro atoms. The molecule has 0 aliphatic heterocycles. The first-order valence-electron chi connectivity index (χ1n) is 2.67. The van der Waals surface area contributed by atoms with Crippen LogP contribution < -0.4 is 10.7 Å². The van der Waals surface area contributed by atoms with Gasteiger partial charge in [0.1, 0.15) is 0 Å². The number of rotatable bonds is 0. The molecule has 0 N–H and O–H groups in total. The van der Waals surface area contributed by atoms with E-state index < -0.39 is 0 Å². The van der Waals surface area contributed by atoms with E-state index in [-0.39, 0.29) is 0 Å². The third kappa shape index (κ3) is 1.13. The Hall–Kier alpha value is -1.18. The molecule has 0 amide bonds. The van der Waals surface area contributed by atoms with Crippen LogP contribution in [0.5, 0.6) is 0 Å². The molecule has 0 radical (unpaired) electrons. The van der Waals surface area contributed by atoms with Crippen molar-refractivity contribution >= 4 is 13.2 Å². The molecule has 2 heteroatoms. The first-order chi connectivity index (χ1) is 4.20. The van der Waals surface area contributed by atoms with Gasteiger partial charge in [-0.05, 0) is 6.92 Å². The van der Waals surface area contributed by atoms with E-state index in [2.05, 4.69) is 23.1 Å². The van der Waals surface area contributed by atoms with Crippen molar-refractivity contribution < 1.29 is 0 Å². The van der Waals surface area contributed by atoms with E-state index in [0.717, 1.165) is 5.69 Å². The maximum Gasteiger partial charge on any atom is 0.0812 e. The maximum atomic E-state index is 4.04. The lowest BCUT2D eigenvalue weighted by Gasteiger charge is -1.87. The molecular formula is C7H8N2. The molecule has 1 aromatic heterocycles. The van der Waals surface area contributed by atoms with Crippen molar-refractivity contribution in [3.63, 3.8) is 0 Å². The molecule has 9 heavy (non-hydrogen) atoms. The highest BCUT2D eigenvalue weighted by Gasteiger charge is 1.82. The Bertz CT molecular complexity index is 303. The second-order valence-electron chi connectivity index (χ2n) is 1.90. The van der Waals surface area contributed by atoms with Crippen LogP contribution in [0.15, 0.2) is 6.20 Å². The molecule has 0 aliphatic carbocycles. The molecule has 0 atom stereocenters. The number of hydrogen-bond donors (Lipinski definition) is 0. The fourth-order valence-electron chi connectivity index (χ4n) is 0.552. The molecule has 0 fully saturated rings. The molecule has 1 rings (SSSR count). The highest BCUT2D eigenvalue weighted by Crippen LogP contribution is 1.74. The average Bonchev–Trinajstić information content (AvgIpc) is 1.80. The fourth-order valence-corrected chi connectivity index (χ4v) is 0.552. The number of aryl methyl sites for hydroxylation is 1. The summed E-state index contributed by atoms with van der Waals surface area (Å²) in [7, 11) is 0. The van der Waals surface area contributed by atoms with Crippen molar-refractivity contribution in [2.24, 2.45) is 0 Å². The monoisotopic (exact) mass is 120 g/mol. The topological polar surface area (TPSA) is 25.8 Å². The normalized spacial score (nSPS) is 9.44. The molecule has 46 valence electrons. The maximum absolute atomic E-state index is 4.04. The van der Waals surface area contributed by atoms with E-state index in [0.29, 0.717) is 10.7 Å². The van der Waals surface area contributed by atoms with Crippen molar-refractivity contribution in [2.45, 2.75) is 6.92 Å². The predicted molar refractivity (Wildman–Crippen MR) is 37.1 cm³/mol. The molecule has 0 bridgehead atoms. The lowest BCUT2D eigenvalue weighted by Crippen LogP contribution is -2.28. The van der Waals surface area contributed by atoms with E-state index in [1.165, 1.54) is 0 Å². The van der Waals surface area contributed by atoms with Crippen LogP contribution in [0.4, 0.5) is 0 Å². The van der Waals surface area contributed by atoms with Crippen LogP contribution in [0.2, 0.25) is 0 Å². The van der Waals surface area contributed by atoms with Gasteiger partial charge in [-0.25, -0.2) is 0 Å². The largest absolute Gasteiger partial charge is 0.253 e. The summed E-state index contributed by atoms with van der Waals surface area (Å²) >= 11 is 0. The SMILES string of the molecule is C=c1ncc(C)nc1=C. The third-order valence-corrected chi connectivity index (χ3v) is 1.05. The number of nitrogens with zero attached hydrogens (tertiary/aromatic N) is 2. The Kier molecular flexibility index (Phi) is 1.30. The lowest BCUT2D eigenvalue weighted by molar-refractivity contribution is 1.04. The van der Waals surface area contributed by atoms with E-state index in [4.69, 9.17) is 0 Å². The molecule has 0 unspecified atom stereocenters. The zero-order valence-electron chi connectivity index (χ0n) is 5.39. The lowest BCUT2D eigenvalue weighted by atomic mass is 10.5. The van der Waals surface area contributed by atoms with Gasteiger partial charge in [-0.15, -0.1) is 0 Å². The fraction of sp³-hybridized carbons (Fsp3) is 0.143. The summed E-state index contributed by atoms with van der Waals surface area (Å²) in [5, 5.41) is 1.32. The smallest absolute Gasteiger partial charge is 0.0812 e. The molecule has 1 aromatic rings. The van der Waals surface area contributed by atoms with E-state index in [9.17, 15) is 0 Å².